The lowest BCUT2D eigenvalue weighted by molar-refractivity contribution is 0.0766. The Balaban J connectivity index is 0.00000220. The summed E-state index contributed by atoms with van der Waals surface area (Å²) in [5.41, 5.74) is 0.714. The van der Waals surface area contributed by atoms with E-state index < -0.39 is 0 Å². The van der Waals surface area contributed by atoms with E-state index in [0.717, 1.165) is 38.3 Å². The number of nitrogens with one attached hydrogen (secondary N) is 1. The second-order valence-electron chi connectivity index (χ2n) is 4.76. The highest BCUT2D eigenvalue weighted by Gasteiger charge is 2.16. The number of ether oxygens (including phenoxy) is 2. The van der Waals surface area contributed by atoms with Crippen LogP contribution in [0.1, 0.15) is 16.8 Å². The average Bonchev–Trinajstić information content (AvgIpc) is 2.77. The third-order valence-electron chi connectivity index (χ3n) is 3.28. The lowest BCUT2D eigenvalue weighted by atomic mass is 10.2. The van der Waals surface area contributed by atoms with Crippen LogP contribution in [0.4, 0.5) is 0 Å². The van der Waals surface area contributed by atoms with Crippen LogP contribution < -0.4 is 10.1 Å². The van der Waals surface area contributed by atoms with Gasteiger partial charge in [-0.1, -0.05) is 0 Å². The van der Waals surface area contributed by atoms with Gasteiger partial charge in [0.2, 0.25) is 0 Å². The van der Waals surface area contributed by atoms with Gasteiger partial charge >= 0.3 is 0 Å². The molecule has 0 bridgehead atoms. The Morgan fingerprint density at radius 1 is 1.19 bits per heavy atom. The summed E-state index contributed by atoms with van der Waals surface area (Å²) in [6, 6.07) is 7.31. The molecule has 0 spiro atoms. The topological polar surface area (TPSA) is 50.8 Å². The molecule has 5 nitrogen and oxygen atoms in total. The zero-order valence-corrected chi connectivity index (χ0v) is 13.2. The first kappa shape index (κ1) is 17.8. The summed E-state index contributed by atoms with van der Waals surface area (Å²) in [5.74, 6) is 0.855. The first-order valence-corrected chi connectivity index (χ1v) is 7.03. The minimum atomic E-state index is 0. The Labute approximate surface area is 132 Å². The van der Waals surface area contributed by atoms with Crippen LogP contribution in [0, 0.1) is 0 Å². The van der Waals surface area contributed by atoms with Crippen LogP contribution in [0.15, 0.2) is 24.3 Å². The number of halogens is 1. The van der Waals surface area contributed by atoms with E-state index in [-0.39, 0.29) is 18.3 Å². The molecule has 118 valence electrons. The van der Waals surface area contributed by atoms with E-state index in [1.807, 2.05) is 29.2 Å². The van der Waals surface area contributed by atoms with Gasteiger partial charge in [-0.25, -0.2) is 0 Å². The summed E-state index contributed by atoms with van der Waals surface area (Å²) in [4.78, 5) is 14.3. The lowest BCUT2D eigenvalue weighted by Gasteiger charge is -2.20. The molecule has 1 aliphatic heterocycles. The van der Waals surface area contributed by atoms with Crippen LogP contribution in [-0.2, 0) is 4.74 Å². The molecule has 0 radical (unpaired) electrons. The van der Waals surface area contributed by atoms with Gasteiger partial charge in [-0.2, -0.15) is 0 Å². The van der Waals surface area contributed by atoms with Crippen molar-refractivity contribution in [3.8, 4) is 5.75 Å². The predicted molar refractivity (Wildman–Crippen MR) is 84.5 cm³/mol. The smallest absolute Gasteiger partial charge is 0.253 e. The molecule has 0 unspecified atom stereocenters. The second kappa shape index (κ2) is 9.60. The summed E-state index contributed by atoms with van der Waals surface area (Å²) >= 11 is 0. The van der Waals surface area contributed by atoms with E-state index in [2.05, 4.69) is 5.32 Å². The van der Waals surface area contributed by atoms with E-state index in [4.69, 9.17) is 9.47 Å². The van der Waals surface area contributed by atoms with Crippen LogP contribution in [0.3, 0.4) is 0 Å². The summed E-state index contributed by atoms with van der Waals surface area (Å²) in [7, 11) is 1.64. The lowest BCUT2D eigenvalue weighted by Crippen LogP contribution is -2.34. The number of hydrogen-bond donors (Lipinski definition) is 1. The molecule has 1 saturated heterocycles. The van der Waals surface area contributed by atoms with Crippen LogP contribution in [0.2, 0.25) is 0 Å². The Hall–Kier alpha value is -1.30. The van der Waals surface area contributed by atoms with Crippen molar-refractivity contribution in [2.45, 2.75) is 6.42 Å². The Morgan fingerprint density at radius 2 is 1.95 bits per heavy atom. The van der Waals surface area contributed by atoms with E-state index in [1.54, 1.807) is 7.11 Å². The first-order chi connectivity index (χ1) is 9.81. The van der Waals surface area contributed by atoms with Crippen molar-refractivity contribution in [1.29, 1.82) is 0 Å². The van der Waals surface area contributed by atoms with Gasteiger partial charge in [-0.05, 0) is 37.2 Å². The Bertz CT molecular complexity index is 417. The highest BCUT2D eigenvalue weighted by Crippen LogP contribution is 2.14. The largest absolute Gasteiger partial charge is 0.491 e. The zero-order valence-electron chi connectivity index (χ0n) is 12.3. The summed E-state index contributed by atoms with van der Waals surface area (Å²) in [6.07, 6.45) is 1.00. The molecule has 0 aromatic heterocycles. The van der Waals surface area contributed by atoms with E-state index >= 15 is 0 Å². The predicted octanol–water partition coefficient (Wildman–Crippen LogP) is 1.57. The Morgan fingerprint density at radius 3 is 2.67 bits per heavy atom. The quantitative estimate of drug-likeness (QED) is 0.838. The SMILES string of the molecule is COCCOc1ccc(C(=O)N2CCCNCC2)cc1.Cl. The van der Waals surface area contributed by atoms with Crippen LogP contribution in [-0.4, -0.2) is 57.3 Å². The zero-order chi connectivity index (χ0) is 14.2. The van der Waals surface area contributed by atoms with Gasteiger partial charge in [0.15, 0.2) is 0 Å². The van der Waals surface area contributed by atoms with Crippen LogP contribution in [0.25, 0.3) is 0 Å². The molecule has 1 aliphatic rings. The van der Waals surface area contributed by atoms with Gasteiger partial charge in [-0.3, -0.25) is 4.79 Å². The maximum absolute atomic E-state index is 12.4. The fourth-order valence-electron chi connectivity index (χ4n) is 2.17. The number of hydrogen-bond acceptors (Lipinski definition) is 4. The fourth-order valence-corrected chi connectivity index (χ4v) is 2.17. The van der Waals surface area contributed by atoms with Crippen molar-refractivity contribution in [2.24, 2.45) is 0 Å². The monoisotopic (exact) mass is 314 g/mol. The molecule has 1 heterocycles. The number of carbonyl (C=O) groups excluding carboxylic acids is 1. The van der Waals surface area contributed by atoms with Crippen molar-refractivity contribution in [1.82, 2.24) is 10.2 Å². The number of benzene rings is 1. The number of rotatable bonds is 5. The van der Waals surface area contributed by atoms with E-state index in [1.165, 1.54) is 0 Å². The molecule has 1 amide bonds. The van der Waals surface area contributed by atoms with Gasteiger partial charge in [-0.15, -0.1) is 12.4 Å². The molecule has 1 fully saturated rings. The molecule has 6 heteroatoms. The van der Waals surface area contributed by atoms with Crippen molar-refractivity contribution in [3.63, 3.8) is 0 Å². The minimum absolute atomic E-state index is 0. The van der Waals surface area contributed by atoms with Gasteiger partial charge in [0.05, 0.1) is 6.61 Å². The second-order valence-corrected chi connectivity index (χ2v) is 4.76. The number of amides is 1. The number of carbonyl (C=O) groups is 1. The third-order valence-corrected chi connectivity index (χ3v) is 3.28. The van der Waals surface area contributed by atoms with Gasteiger partial charge in [0.1, 0.15) is 12.4 Å². The van der Waals surface area contributed by atoms with Crippen molar-refractivity contribution in [2.75, 3.05) is 46.5 Å². The standard InChI is InChI=1S/C15H22N2O3.ClH/c1-19-11-12-20-14-5-3-13(4-6-14)15(18)17-9-2-7-16-8-10-17;/h3-6,16H,2,7-12H2,1H3;1H. The van der Waals surface area contributed by atoms with E-state index in [0.29, 0.717) is 18.8 Å². The number of methoxy groups -OCH3 is 1. The molecular formula is C15H23ClN2O3. The number of nitrogens with zero attached hydrogens (tertiary/aromatic N) is 1. The Kier molecular flexibility index (Phi) is 8.12. The maximum Gasteiger partial charge on any atom is 0.253 e. The summed E-state index contributed by atoms with van der Waals surface area (Å²) < 4.78 is 10.4. The fraction of sp³-hybridized carbons (Fsp3) is 0.533. The molecule has 1 aromatic carbocycles. The molecule has 0 saturated carbocycles. The molecular weight excluding hydrogens is 292 g/mol. The average molecular weight is 315 g/mol. The van der Waals surface area contributed by atoms with Crippen molar-refractivity contribution < 1.29 is 14.3 Å². The van der Waals surface area contributed by atoms with Crippen molar-refractivity contribution >= 4 is 18.3 Å². The first-order valence-electron chi connectivity index (χ1n) is 7.03. The van der Waals surface area contributed by atoms with Gasteiger partial charge in [0.25, 0.3) is 5.91 Å². The normalized spacial score (nSPS) is 15.0. The molecule has 1 aromatic rings. The van der Waals surface area contributed by atoms with Gasteiger partial charge in [0, 0.05) is 32.3 Å². The molecule has 0 aliphatic carbocycles. The summed E-state index contributed by atoms with van der Waals surface area (Å²) in [5, 5.41) is 3.30. The van der Waals surface area contributed by atoms with Crippen LogP contribution >= 0.6 is 12.4 Å². The highest BCUT2D eigenvalue weighted by atomic mass is 35.5. The van der Waals surface area contributed by atoms with Gasteiger partial charge < -0.3 is 19.7 Å². The van der Waals surface area contributed by atoms with Crippen molar-refractivity contribution in [3.05, 3.63) is 29.8 Å². The maximum atomic E-state index is 12.4. The minimum Gasteiger partial charge on any atom is -0.491 e. The van der Waals surface area contributed by atoms with E-state index in [9.17, 15) is 4.79 Å². The molecule has 1 N–H and O–H groups in total. The highest BCUT2D eigenvalue weighted by molar-refractivity contribution is 5.94. The molecule has 0 atom stereocenters. The molecule has 21 heavy (non-hydrogen) atoms. The van der Waals surface area contributed by atoms with Crippen LogP contribution in [0.5, 0.6) is 5.75 Å². The third kappa shape index (κ3) is 5.53. The molecule has 2 rings (SSSR count). The summed E-state index contributed by atoms with van der Waals surface area (Å²) in [6.45, 7) is 4.51.